The molecule has 23 heavy (non-hydrogen) atoms. The quantitative estimate of drug-likeness (QED) is 0.861. The van der Waals surface area contributed by atoms with Crippen LogP contribution in [0, 0.1) is 0 Å². The lowest BCUT2D eigenvalue weighted by atomic mass is 10.0. The lowest BCUT2D eigenvalue weighted by molar-refractivity contribution is -0.137. The van der Waals surface area contributed by atoms with Gasteiger partial charge in [-0.15, -0.1) is 0 Å². The molecule has 0 aliphatic carbocycles. The van der Waals surface area contributed by atoms with E-state index in [2.05, 4.69) is 16.8 Å². The molecule has 1 N–H and O–H groups in total. The molecule has 0 radical (unpaired) electrons. The molecule has 1 aromatic rings. The van der Waals surface area contributed by atoms with Gasteiger partial charge in [0.1, 0.15) is 0 Å². The predicted molar refractivity (Wildman–Crippen MR) is 82.7 cm³/mol. The van der Waals surface area contributed by atoms with Gasteiger partial charge in [-0.3, -0.25) is 9.69 Å². The van der Waals surface area contributed by atoms with Gasteiger partial charge in [0.2, 0.25) is 5.91 Å². The zero-order chi connectivity index (χ0) is 17.0. The van der Waals surface area contributed by atoms with Crippen molar-refractivity contribution >= 4 is 5.91 Å². The van der Waals surface area contributed by atoms with E-state index in [4.69, 9.17) is 0 Å². The van der Waals surface area contributed by atoms with E-state index in [1.807, 2.05) is 0 Å². The first-order chi connectivity index (χ1) is 10.8. The van der Waals surface area contributed by atoms with Gasteiger partial charge in [-0.05, 0) is 37.5 Å². The van der Waals surface area contributed by atoms with Crippen molar-refractivity contribution in [2.24, 2.45) is 0 Å². The second-order valence-corrected chi connectivity index (χ2v) is 6.00. The van der Waals surface area contributed by atoms with E-state index in [-0.39, 0.29) is 11.9 Å². The van der Waals surface area contributed by atoms with Gasteiger partial charge < -0.3 is 5.32 Å². The van der Waals surface area contributed by atoms with E-state index >= 15 is 0 Å². The Balaban J connectivity index is 1.82. The standard InChI is InChI=1S/C17H21F3N2O/c1-12(2)16(23)21-15-7-9-22(10-8-15)11-13-3-5-14(6-4-13)17(18,19)20/h3-6,15H,1,7-11H2,2H3,(H,21,23). The topological polar surface area (TPSA) is 32.3 Å². The molecule has 0 bridgehead atoms. The molecule has 1 heterocycles. The second kappa shape index (κ2) is 7.17. The predicted octanol–water partition coefficient (Wildman–Crippen LogP) is 3.36. The summed E-state index contributed by atoms with van der Waals surface area (Å²) in [4.78, 5) is 13.8. The van der Waals surface area contributed by atoms with Crippen molar-refractivity contribution < 1.29 is 18.0 Å². The fourth-order valence-corrected chi connectivity index (χ4v) is 2.60. The zero-order valence-electron chi connectivity index (χ0n) is 13.1. The smallest absolute Gasteiger partial charge is 0.350 e. The Morgan fingerprint density at radius 2 is 1.83 bits per heavy atom. The third-order valence-electron chi connectivity index (χ3n) is 4.00. The van der Waals surface area contributed by atoms with E-state index in [1.165, 1.54) is 12.1 Å². The molecule has 1 saturated heterocycles. The third-order valence-corrected chi connectivity index (χ3v) is 4.00. The molecule has 0 atom stereocenters. The summed E-state index contributed by atoms with van der Waals surface area (Å²) in [7, 11) is 0. The zero-order valence-corrected chi connectivity index (χ0v) is 13.1. The lowest BCUT2D eigenvalue weighted by Crippen LogP contribution is -2.44. The van der Waals surface area contributed by atoms with E-state index in [9.17, 15) is 18.0 Å². The highest BCUT2D eigenvalue weighted by Crippen LogP contribution is 2.29. The summed E-state index contributed by atoms with van der Waals surface area (Å²) >= 11 is 0. The summed E-state index contributed by atoms with van der Waals surface area (Å²) in [6.45, 7) is 7.53. The van der Waals surface area contributed by atoms with Crippen molar-refractivity contribution in [1.82, 2.24) is 10.2 Å². The molecule has 0 unspecified atom stereocenters. The number of piperidine rings is 1. The highest BCUT2D eigenvalue weighted by atomic mass is 19.4. The first-order valence-corrected chi connectivity index (χ1v) is 7.60. The summed E-state index contributed by atoms with van der Waals surface area (Å²) in [6, 6.07) is 5.43. The fraction of sp³-hybridized carbons (Fsp3) is 0.471. The number of alkyl halides is 3. The van der Waals surface area contributed by atoms with Crippen LogP contribution in [-0.4, -0.2) is 29.9 Å². The van der Waals surface area contributed by atoms with Crippen molar-refractivity contribution in [3.63, 3.8) is 0 Å². The number of likely N-dealkylation sites (tertiary alicyclic amines) is 1. The maximum Gasteiger partial charge on any atom is 0.416 e. The molecule has 2 rings (SSSR count). The number of amides is 1. The normalized spacial score (nSPS) is 17.0. The van der Waals surface area contributed by atoms with Crippen LogP contribution in [0.4, 0.5) is 13.2 Å². The van der Waals surface area contributed by atoms with Gasteiger partial charge in [0, 0.05) is 31.2 Å². The second-order valence-electron chi connectivity index (χ2n) is 6.00. The Hall–Kier alpha value is -1.82. The SMILES string of the molecule is C=C(C)C(=O)NC1CCN(Cc2ccc(C(F)(F)F)cc2)CC1. The minimum Gasteiger partial charge on any atom is -0.350 e. The van der Waals surface area contributed by atoms with E-state index in [0.29, 0.717) is 12.1 Å². The maximum atomic E-state index is 12.5. The van der Waals surface area contributed by atoms with Crippen molar-refractivity contribution in [3.05, 3.63) is 47.5 Å². The minimum atomic E-state index is -4.29. The molecule has 0 spiro atoms. The van der Waals surface area contributed by atoms with E-state index in [1.54, 1.807) is 6.92 Å². The van der Waals surface area contributed by atoms with Crippen LogP contribution >= 0.6 is 0 Å². The highest BCUT2D eigenvalue weighted by Gasteiger charge is 2.30. The van der Waals surface area contributed by atoms with Crippen molar-refractivity contribution in [2.75, 3.05) is 13.1 Å². The Bertz CT molecular complexity index is 558. The van der Waals surface area contributed by atoms with Crippen LogP contribution in [0.3, 0.4) is 0 Å². The number of nitrogens with zero attached hydrogens (tertiary/aromatic N) is 1. The molecule has 1 aromatic carbocycles. The van der Waals surface area contributed by atoms with Gasteiger partial charge in [0.15, 0.2) is 0 Å². The summed E-state index contributed by atoms with van der Waals surface area (Å²) in [5.74, 6) is -0.119. The molecule has 3 nitrogen and oxygen atoms in total. The first kappa shape index (κ1) is 17.5. The number of benzene rings is 1. The van der Waals surface area contributed by atoms with Crippen molar-refractivity contribution in [1.29, 1.82) is 0 Å². The largest absolute Gasteiger partial charge is 0.416 e. The van der Waals surface area contributed by atoms with Crippen molar-refractivity contribution in [2.45, 2.75) is 38.5 Å². The van der Waals surface area contributed by atoms with Gasteiger partial charge in [0.05, 0.1) is 5.56 Å². The van der Waals surface area contributed by atoms with Gasteiger partial charge >= 0.3 is 6.18 Å². The minimum absolute atomic E-state index is 0.119. The third kappa shape index (κ3) is 5.10. The van der Waals surface area contributed by atoms with Gasteiger partial charge in [0.25, 0.3) is 0 Å². The van der Waals surface area contributed by atoms with Crippen LogP contribution in [0.2, 0.25) is 0 Å². The Morgan fingerprint density at radius 3 is 2.30 bits per heavy atom. The number of hydrogen-bond donors (Lipinski definition) is 1. The van der Waals surface area contributed by atoms with Gasteiger partial charge in [-0.25, -0.2) is 0 Å². The first-order valence-electron chi connectivity index (χ1n) is 7.60. The van der Waals surface area contributed by atoms with Crippen LogP contribution in [0.25, 0.3) is 0 Å². The van der Waals surface area contributed by atoms with Crippen LogP contribution in [0.15, 0.2) is 36.4 Å². The monoisotopic (exact) mass is 326 g/mol. The van der Waals surface area contributed by atoms with Crippen LogP contribution in [0.1, 0.15) is 30.9 Å². The number of nitrogens with one attached hydrogen (secondary N) is 1. The molecule has 1 aliphatic heterocycles. The van der Waals surface area contributed by atoms with Crippen LogP contribution in [0.5, 0.6) is 0 Å². The molecular weight excluding hydrogens is 305 g/mol. The number of halogens is 3. The number of hydrogen-bond acceptors (Lipinski definition) is 2. The van der Waals surface area contributed by atoms with Gasteiger partial charge in [-0.1, -0.05) is 18.7 Å². The highest BCUT2D eigenvalue weighted by molar-refractivity contribution is 5.92. The summed E-state index contributed by atoms with van der Waals surface area (Å²) < 4.78 is 37.6. The molecule has 0 aromatic heterocycles. The molecular formula is C17H21F3N2O. The molecule has 1 fully saturated rings. The summed E-state index contributed by atoms with van der Waals surface area (Å²) in [5.41, 5.74) is 0.738. The van der Waals surface area contributed by atoms with Crippen LogP contribution < -0.4 is 5.32 Å². The molecule has 126 valence electrons. The molecule has 1 amide bonds. The molecule has 6 heteroatoms. The number of carbonyl (C=O) groups is 1. The van der Waals surface area contributed by atoms with Gasteiger partial charge in [-0.2, -0.15) is 13.2 Å². The molecule has 1 aliphatic rings. The fourth-order valence-electron chi connectivity index (χ4n) is 2.60. The molecule has 0 saturated carbocycles. The van der Waals surface area contributed by atoms with E-state index in [0.717, 1.165) is 43.6 Å². The number of carbonyl (C=O) groups excluding carboxylic acids is 1. The Labute approximate surface area is 134 Å². The number of rotatable bonds is 4. The van der Waals surface area contributed by atoms with Crippen LogP contribution in [-0.2, 0) is 17.5 Å². The van der Waals surface area contributed by atoms with Crippen molar-refractivity contribution in [3.8, 4) is 0 Å². The average Bonchev–Trinajstić information content (AvgIpc) is 2.49. The summed E-state index contributed by atoms with van der Waals surface area (Å²) in [5, 5.41) is 2.94. The Morgan fingerprint density at radius 1 is 1.26 bits per heavy atom. The van der Waals surface area contributed by atoms with E-state index < -0.39 is 11.7 Å². The maximum absolute atomic E-state index is 12.5. The summed E-state index contributed by atoms with van der Waals surface area (Å²) in [6.07, 6.45) is -2.63. The average molecular weight is 326 g/mol. The Kier molecular flexibility index (Phi) is 5.46. The lowest BCUT2D eigenvalue weighted by Gasteiger charge is -2.32.